The van der Waals surface area contributed by atoms with Crippen molar-refractivity contribution in [1.82, 2.24) is 0 Å². The van der Waals surface area contributed by atoms with Crippen molar-refractivity contribution >= 4 is 70.3 Å². The van der Waals surface area contributed by atoms with Crippen molar-refractivity contribution < 1.29 is 25.2 Å². The van der Waals surface area contributed by atoms with E-state index in [-0.39, 0.29) is 10.5 Å². The molecule has 3 aromatic carbocycles. The molecule has 1 aromatic heterocycles. The van der Waals surface area contributed by atoms with Crippen molar-refractivity contribution in [3.05, 3.63) is 75.2 Å². The first kappa shape index (κ1) is 22.5. The van der Waals surface area contributed by atoms with Crippen LogP contribution in [0.3, 0.4) is 0 Å². The Morgan fingerprint density at radius 2 is 1.03 bits per heavy atom. The maximum atomic E-state index is 9.87. The van der Waals surface area contributed by atoms with Gasteiger partial charge in [0, 0.05) is 42.3 Å². The van der Waals surface area contributed by atoms with Gasteiger partial charge in [0.25, 0.3) is 0 Å². The van der Waals surface area contributed by atoms with E-state index in [9.17, 15) is 25.2 Å². The van der Waals surface area contributed by atoms with Crippen LogP contribution in [0.4, 0.5) is 25.2 Å². The fourth-order valence-corrected chi connectivity index (χ4v) is 5.89. The van der Waals surface area contributed by atoms with E-state index in [1.165, 1.54) is 30.6 Å². The zero-order chi connectivity index (χ0) is 21.7. The van der Waals surface area contributed by atoms with Crippen LogP contribution in [0.2, 0.25) is 0 Å². The molecule has 0 aliphatic rings. The summed E-state index contributed by atoms with van der Waals surface area (Å²) in [6, 6.07) is 22.2. The summed E-state index contributed by atoms with van der Waals surface area (Å²) >= 11 is 7.22. The van der Waals surface area contributed by atoms with Crippen molar-refractivity contribution in [2.24, 2.45) is 0 Å². The topological polar surface area (TPSA) is 0 Å². The number of hydrogen-bond donors (Lipinski definition) is 0. The van der Waals surface area contributed by atoms with Crippen molar-refractivity contribution in [3.63, 3.8) is 0 Å². The Morgan fingerprint density at radius 1 is 0.655 bits per heavy atom. The Labute approximate surface area is 182 Å². The fourth-order valence-electron chi connectivity index (χ4n) is 2.83. The molecule has 0 aliphatic carbocycles. The third-order valence-electron chi connectivity index (χ3n) is 3.87. The normalized spacial score (nSPS) is 14.2. The first-order chi connectivity index (χ1) is 13.1. The summed E-state index contributed by atoms with van der Waals surface area (Å²) in [4.78, 5) is 1.38. The second-order valence-electron chi connectivity index (χ2n) is 6.36. The van der Waals surface area contributed by atoms with Gasteiger partial charge >= 0.3 is 33.0 Å². The number of fused-ring (bicyclic) bond motifs is 3. The summed E-state index contributed by atoms with van der Waals surface area (Å²) in [6.45, 7) is 2.14. The van der Waals surface area contributed by atoms with E-state index in [0.717, 1.165) is 8.95 Å². The predicted octanol–water partition coefficient (Wildman–Crippen LogP) is 10.9. The first-order valence-corrected chi connectivity index (χ1v) is 12.9. The van der Waals surface area contributed by atoms with Gasteiger partial charge in [-0.2, -0.15) is 0 Å². The van der Waals surface area contributed by atoms with Gasteiger partial charge < -0.3 is 0 Å². The minimum absolute atomic E-state index is 0.00704. The van der Waals surface area contributed by atoms with Gasteiger partial charge in [0.15, 0.2) is 14.3 Å². The standard InChI is InChI=1S/C19H13Br2S.F6P/c1-12-2-6-15(7-3-12)22-18-8-4-13(20)10-16(18)17-11-14(21)5-9-19(17)22;1-7(2,3,4,5)6/h2-11H,1H3;/q+1;-1. The van der Waals surface area contributed by atoms with Gasteiger partial charge in [-0.25, -0.2) is 0 Å². The van der Waals surface area contributed by atoms with Crippen molar-refractivity contribution in [2.45, 2.75) is 6.92 Å². The molecule has 156 valence electrons. The van der Waals surface area contributed by atoms with E-state index in [1.54, 1.807) is 0 Å². The van der Waals surface area contributed by atoms with E-state index < -0.39 is 7.81 Å². The van der Waals surface area contributed by atoms with Crippen LogP contribution in [0, 0.1) is 6.92 Å². The molecule has 0 atom stereocenters. The van der Waals surface area contributed by atoms with Crippen LogP contribution in [0.1, 0.15) is 5.56 Å². The summed E-state index contributed by atoms with van der Waals surface area (Å²) in [6.07, 6.45) is 0. The van der Waals surface area contributed by atoms with Gasteiger partial charge in [-0.3, -0.25) is 0 Å². The molecule has 0 N–H and O–H groups in total. The fraction of sp³-hybridized carbons (Fsp3) is 0.0526. The van der Waals surface area contributed by atoms with Crippen LogP contribution in [0.5, 0.6) is 0 Å². The molecule has 0 nitrogen and oxygen atoms in total. The van der Waals surface area contributed by atoms with E-state index in [2.05, 4.69) is 99.4 Å². The van der Waals surface area contributed by atoms with Gasteiger partial charge in [-0.15, -0.1) is 0 Å². The molecule has 10 heteroatoms. The molecule has 0 fully saturated rings. The third-order valence-corrected chi connectivity index (χ3v) is 7.19. The molecular formula is C19H13Br2F6PS. The average molecular weight is 578 g/mol. The Bertz CT molecular complexity index is 1150. The molecule has 29 heavy (non-hydrogen) atoms. The quantitative estimate of drug-likeness (QED) is 0.120. The first-order valence-electron chi connectivity index (χ1n) is 8.05. The number of halogens is 8. The molecule has 0 amide bonds. The second kappa shape index (κ2) is 6.94. The zero-order valence-electron chi connectivity index (χ0n) is 14.7. The third kappa shape index (κ3) is 6.41. The number of benzene rings is 3. The van der Waals surface area contributed by atoms with Crippen molar-refractivity contribution in [2.75, 3.05) is 0 Å². The molecule has 1 heterocycles. The Balaban J connectivity index is 0.000000298. The molecular weight excluding hydrogens is 565 g/mol. The Morgan fingerprint density at radius 3 is 1.41 bits per heavy atom. The van der Waals surface area contributed by atoms with Gasteiger partial charge in [-0.1, -0.05) is 49.6 Å². The molecule has 0 saturated heterocycles. The molecule has 0 saturated carbocycles. The second-order valence-corrected chi connectivity index (χ2v) is 12.1. The summed E-state index contributed by atoms with van der Waals surface area (Å²) in [5, 5.41) is 2.68. The van der Waals surface area contributed by atoms with Crippen molar-refractivity contribution in [3.8, 4) is 4.90 Å². The summed E-state index contributed by atoms with van der Waals surface area (Å²) in [7, 11) is -10.7. The minimum atomic E-state index is -10.7. The average Bonchev–Trinajstić information content (AvgIpc) is 2.86. The Hall–Kier alpha value is -1.15. The molecule has 0 bridgehead atoms. The summed E-state index contributed by atoms with van der Waals surface area (Å²) in [5.74, 6) is 0. The van der Waals surface area contributed by atoms with Crippen LogP contribution < -0.4 is 0 Å². The number of thiophene rings is 1. The Kier molecular flexibility index (Phi) is 5.39. The number of hydrogen-bond acceptors (Lipinski definition) is 0. The van der Waals surface area contributed by atoms with E-state index >= 15 is 0 Å². The molecule has 4 aromatic rings. The van der Waals surface area contributed by atoms with Gasteiger partial charge in [0.1, 0.15) is 0 Å². The van der Waals surface area contributed by atoms with Gasteiger partial charge in [0.2, 0.25) is 0 Å². The number of rotatable bonds is 1. The maximum absolute atomic E-state index is 10.7. The monoisotopic (exact) mass is 576 g/mol. The van der Waals surface area contributed by atoms with E-state index in [1.807, 2.05) is 0 Å². The van der Waals surface area contributed by atoms with Crippen LogP contribution in [-0.4, -0.2) is 0 Å². The van der Waals surface area contributed by atoms with Crippen LogP contribution >= 0.6 is 50.1 Å². The van der Waals surface area contributed by atoms with E-state index in [4.69, 9.17) is 0 Å². The molecule has 0 spiro atoms. The summed E-state index contributed by atoms with van der Waals surface area (Å²) in [5.41, 5.74) is 1.30. The van der Waals surface area contributed by atoms with E-state index in [0.29, 0.717) is 0 Å². The molecule has 0 unspecified atom stereocenters. The van der Waals surface area contributed by atoms with Crippen LogP contribution in [0.15, 0.2) is 69.6 Å². The van der Waals surface area contributed by atoms with Crippen LogP contribution in [0.25, 0.3) is 25.1 Å². The number of aryl methyl sites for hydroxylation is 1. The zero-order valence-corrected chi connectivity index (χ0v) is 19.5. The van der Waals surface area contributed by atoms with Gasteiger partial charge in [-0.05, 0) is 43.3 Å². The molecule has 0 aliphatic heterocycles. The van der Waals surface area contributed by atoms with Crippen molar-refractivity contribution in [1.29, 1.82) is 0 Å². The molecule has 4 rings (SSSR count). The molecule has 0 radical (unpaired) electrons. The van der Waals surface area contributed by atoms with Gasteiger partial charge in [0.05, 0.1) is 0 Å². The SMILES string of the molecule is Cc1ccc(-[s+]2c3ccc(Br)cc3c3cc(Br)ccc32)cc1.F[P-](F)(F)(F)(F)F. The predicted molar refractivity (Wildman–Crippen MR) is 119 cm³/mol. The summed E-state index contributed by atoms with van der Waals surface area (Å²) < 4.78 is 64.3. The van der Waals surface area contributed by atoms with Crippen LogP contribution in [-0.2, 0) is 0 Å².